The molecule has 0 fully saturated rings. The number of aryl methyl sites for hydroxylation is 1. The third kappa shape index (κ3) is 1.77. The molecule has 0 aliphatic rings. The summed E-state index contributed by atoms with van der Waals surface area (Å²) in [6.45, 7) is 1.69. The number of ether oxygens (including phenoxy) is 2. The van der Waals surface area contributed by atoms with Gasteiger partial charge in [0.25, 0.3) is 0 Å². The maximum absolute atomic E-state index is 11.8. The Morgan fingerprint density at radius 3 is 2.71 bits per heavy atom. The Bertz CT molecular complexity index is 333. The van der Waals surface area contributed by atoms with E-state index in [1.165, 1.54) is 25.1 Å². The first-order valence-corrected chi connectivity index (χ1v) is 4.24. The molecule has 0 aromatic carbocycles. The van der Waals surface area contributed by atoms with Crippen molar-refractivity contribution in [3.8, 4) is 5.75 Å². The average molecular weight is 198 g/mol. The van der Waals surface area contributed by atoms with Crippen LogP contribution in [-0.4, -0.2) is 35.9 Å². The molecule has 0 spiro atoms. The second-order valence-corrected chi connectivity index (χ2v) is 2.93. The zero-order valence-corrected chi connectivity index (χ0v) is 8.77. The van der Waals surface area contributed by atoms with E-state index < -0.39 is 6.10 Å². The molecular formula is C9H14N2O3. The van der Waals surface area contributed by atoms with Crippen LogP contribution in [0.3, 0.4) is 0 Å². The van der Waals surface area contributed by atoms with Crippen LogP contribution in [0.15, 0.2) is 6.20 Å². The first-order valence-electron chi connectivity index (χ1n) is 4.24. The van der Waals surface area contributed by atoms with Crippen LogP contribution in [0.5, 0.6) is 5.75 Å². The molecule has 1 unspecified atom stereocenters. The van der Waals surface area contributed by atoms with Gasteiger partial charge in [-0.1, -0.05) is 0 Å². The molecule has 1 aromatic rings. The summed E-state index contributed by atoms with van der Waals surface area (Å²) in [5.74, 6) is 0.339. The molecule has 0 bridgehead atoms. The van der Waals surface area contributed by atoms with Crippen molar-refractivity contribution in [1.82, 2.24) is 9.78 Å². The minimum Gasteiger partial charge on any atom is -0.493 e. The van der Waals surface area contributed by atoms with Gasteiger partial charge in [-0.25, -0.2) is 0 Å². The molecule has 1 aromatic heterocycles. The van der Waals surface area contributed by atoms with Crippen LogP contribution in [0, 0.1) is 0 Å². The van der Waals surface area contributed by atoms with Crippen LogP contribution < -0.4 is 4.74 Å². The summed E-state index contributed by atoms with van der Waals surface area (Å²) in [5, 5.41) is 3.94. The van der Waals surface area contributed by atoms with E-state index in [9.17, 15) is 4.79 Å². The van der Waals surface area contributed by atoms with Crippen LogP contribution >= 0.6 is 0 Å². The summed E-state index contributed by atoms with van der Waals surface area (Å²) in [6, 6.07) is 0. The van der Waals surface area contributed by atoms with Crippen molar-refractivity contribution in [2.24, 2.45) is 7.05 Å². The number of carbonyl (C=O) groups excluding carboxylic acids is 1. The lowest BCUT2D eigenvalue weighted by Gasteiger charge is -2.09. The van der Waals surface area contributed by atoms with Crippen molar-refractivity contribution in [3.63, 3.8) is 0 Å². The highest BCUT2D eigenvalue weighted by Crippen LogP contribution is 2.18. The molecule has 5 heteroatoms. The van der Waals surface area contributed by atoms with E-state index in [0.29, 0.717) is 11.4 Å². The minimum absolute atomic E-state index is 0.135. The van der Waals surface area contributed by atoms with Gasteiger partial charge in [-0.15, -0.1) is 0 Å². The van der Waals surface area contributed by atoms with Crippen molar-refractivity contribution in [2.45, 2.75) is 13.0 Å². The zero-order chi connectivity index (χ0) is 10.7. The van der Waals surface area contributed by atoms with Crippen LogP contribution in [0.2, 0.25) is 0 Å². The van der Waals surface area contributed by atoms with E-state index in [1.807, 2.05) is 0 Å². The number of Topliss-reactive ketones (excluding diaryl/α,β-unsaturated/α-hetero) is 1. The molecule has 0 radical (unpaired) electrons. The number of nitrogens with zero attached hydrogens (tertiary/aromatic N) is 2. The fraction of sp³-hybridized carbons (Fsp3) is 0.556. The van der Waals surface area contributed by atoms with Crippen molar-refractivity contribution < 1.29 is 14.3 Å². The summed E-state index contributed by atoms with van der Waals surface area (Å²) in [7, 11) is 4.69. The van der Waals surface area contributed by atoms with Gasteiger partial charge in [0.1, 0.15) is 11.8 Å². The number of aromatic nitrogens is 2. The largest absolute Gasteiger partial charge is 0.493 e. The van der Waals surface area contributed by atoms with Gasteiger partial charge in [0.2, 0.25) is 5.78 Å². The van der Waals surface area contributed by atoms with E-state index in [-0.39, 0.29) is 5.78 Å². The number of carbonyl (C=O) groups is 1. The lowest BCUT2D eigenvalue weighted by Crippen LogP contribution is -2.22. The molecule has 0 saturated heterocycles. The molecule has 78 valence electrons. The quantitative estimate of drug-likeness (QED) is 0.666. The Hall–Kier alpha value is -1.36. The summed E-state index contributed by atoms with van der Waals surface area (Å²) in [5.41, 5.74) is 0.432. The van der Waals surface area contributed by atoms with Gasteiger partial charge in [0.05, 0.1) is 13.3 Å². The first-order chi connectivity index (χ1) is 6.61. The summed E-state index contributed by atoms with van der Waals surface area (Å²) < 4.78 is 11.4. The smallest absolute Gasteiger partial charge is 0.212 e. The summed E-state index contributed by atoms with van der Waals surface area (Å²) in [4.78, 5) is 11.8. The number of ketones is 1. The second-order valence-electron chi connectivity index (χ2n) is 2.93. The predicted octanol–water partition coefficient (Wildman–Crippen LogP) is 0.646. The SMILES string of the molecule is COc1cnn(C)c1C(=O)C(C)OC. The standard InChI is InChI=1S/C9H14N2O3/c1-6(13-3)9(12)8-7(14-4)5-10-11(8)2/h5-6H,1-4H3. The molecule has 0 saturated carbocycles. The topological polar surface area (TPSA) is 53.4 Å². The molecule has 1 atom stereocenters. The van der Waals surface area contributed by atoms with Gasteiger partial charge in [-0.05, 0) is 6.92 Å². The molecular weight excluding hydrogens is 184 g/mol. The fourth-order valence-electron chi connectivity index (χ4n) is 1.15. The maximum atomic E-state index is 11.8. The Morgan fingerprint density at radius 2 is 2.21 bits per heavy atom. The van der Waals surface area contributed by atoms with E-state index in [2.05, 4.69) is 5.10 Å². The highest BCUT2D eigenvalue weighted by molar-refractivity contribution is 6.00. The van der Waals surface area contributed by atoms with Crippen molar-refractivity contribution >= 4 is 5.78 Å². The zero-order valence-electron chi connectivity index (χ0n) is 8.77. The molecule has 0 aliphatic carbocycles. The van der Waals surface area contributed by atoms with E-state index in [0.717, 1.165) is 0 Å². The Morgan fingerprint density at radius 1 is 1.57 bits per heavy atom. The van der Waals surface area contributed by atoms with Gasteiger partial charge in [-0.2, -0.15) is 5.10 Å². The van der Waals surface area contributed by atoms with Gasteiger partial charge < -0.3 is 9.47 Å². The van der Waals surface area contributed by atoms with E-state index >= 15 is 0 Å². The lowest BCUT2D eigenvalue weighted by atomic mass is 10.2. The van der Waals surface area contributed by atoms with Crippen LogP contribution in [-0.2, 0) is 11.8 Å². The third-order valence-corrected chi connectivity index (χ3v) is 2.08. The van der Waals surface area contributed by atoms with Crippen LogP contribution in [0.4, 0.5) is 0 Å². The Balaban J connectivity index is 3.04. The van der Waals surface area contributed by atoms with E-state index in [4.69, 9.17) is 9.47 Å². The Labute approximate surface area is 82.6 Å². The van der Waals surface area contributed by atoms with Crippen molar-refractivity contribution in [3.05, 3.63) is 11.9 Å². The summed E-state index contributed by atoms with van der Waals surface area (Å²) >= 11 is 0. The third-order valence-electron chi connectivity index (χ3n) is 2.08. The summed E-state index contributed by atoms with van der Waals surface area (Å²) in [6.07, 6.45) is 1.02. The molecule has 0 N–H and O–H groups in total. The minimum atomic E-state index is -0.487. The highest BCUT2D eigenvalue weighted by Gasteiger charge is 2.22. The number of rotatable bonds is 4. The molecule has 14 heavy (non-hydrogen) atoms. The fourth-order valence-corrected chi connectivity index (χ4v) is 1.15. The highest BCUT2D eigenvalue weighted by atomic mass is 16.5. The first kappa shape index (κ1) is 10.7. The second kappa shape index (κ2) is 4.23. The Kier molecular flexibility index (Phi) is 3.24. The number of methoxy groups -OCH3 is 2. The number of hydrogen-bond acceptors (Lipinski definition) is 4. The maximum Gasteiger partial charge on any atom is 0.212 e. The lowest BCUT2D eigenvalue weighted by molar-refractivity contribution is 0.0642. The van der Waals surface area contributed by atoms with Gasteiger partial charge in [-0.3, -0.25) is 9.48 Å². The van der Waals surface area contributed by atoms with Crippen molar-refractivity contribution in [1.29, 1.82) is 0 Å². The van der Waals surface area contributed by atoms with Crippen molar-refractivity contribution in [2.75, 3.05) is 14.2 Å². The molecule has 0 amide bonds. The monoisotopic (exact) mass is 198 g/mol. The molecule has 5 nitrogen and oxygen atoms in total. The van der Waals surface area contributed by atoms with Gasteiger partial charge in [0.15, 0.2) is 5.75 Å². The van der Waals surface area contributed by atoms with Gasteiger partial charge >= 0.3 is 0 Å². The van der Waals surface area contributed by atoms with Crippen LogP contribution in [0.25, 0.3) is 0 Å². The van der Waals surface area contributed by atoms with Gasteiger partial charge in [0, 0.05) is 14.2 Å². The van der Waals surface area contributed by atoms with E-state index in [1.54, 1.807) is 14.0 Å². The van der Waals surface area contributed by atoms with Crippen LogP contribution in [0.1, 0.15) is 17.4 Å². The predicted molar refractivity (Wildman–Crippen MR) is 50.6 cm³/mol. The molecule has 0 aliphatic heterocycles. The molecule has 1 rings (SSSR count). The average Bonchev–Trinajstić information content (AvgIpc) is 2.57. The molecule has 1 heterocycles. The number of hydrogen-bond donors (Lipinski definition) is 0. The normalized spacial score (nSPS) is 12.6.